The van der Waals surface area contributed by atoms with E-state index in [1.54, 1.807) is 48.0 Å². The molecular weight excluding hydrogens is 446 g/mol. The van der Waals surface area contributed by atoms with Gasteiger partial charge < -0.3 is 14.8 Å². The monoisotopic (exact) mass is 469 g/mol. The second-order valence-electron chi connectivity index (χ2n) is 7.54. The fourth-order valence-electron chi connectivity index (χ4n) is 3.43. The summed E-state index contributed by atoms with van der Waals surface area (Å²) in [6, 6.07) is 23.4. The molecule has 176 valence electrons. The normalized spacial score (nSPS) is 11.1. The highest BCUT2D eigenvalue weighted by molar-refractivity contribution is 6.07. The Kier molecular flexibility index (Phi) is 7.34. The van der Waals surface area contributed by atoms with E-state index in [0.29, 0.717) is 28.5 Å². The van der Waals surface area contributed by atoms with E-state index < -0.39 is 5.91 Å². The molecule has 0 atom stereocenters. The molecule has 0 unspecified atom stereocenters. The van der Waals surface area contributed by atoms with Gasteiger partial charge in [-0.2, -0.15) is 0 Å². The molecule has 0 aliphatic rings. The number of aromatic nitrogens is 1. The SMILES string of the molecule is COc1ccc(NC(=O)/C(=C/c2ccc(C(=O)NO)cc2)COc2cccc3ccccc23)cn1. The molecule has 0 bridgehead atoms. The van der Waals surface area contributed by atoms with Gasteiger partial charge >= 0.3 is 0 Å². The fourth-order valence-corrected chi connectivity index (χ4v) is 3.43. The van der Waals surface area contributed by atoms with E-state index in [1.807, 2.05) is 42.5 Å². The number of carbonyl (C=O) groups is 2. The number of hydrogen-bond acceptors (Lipinski definition) is 6. The smallest absolute Gasteiger partial charge is 0.274 e. The van der Waals surface area contributed by atoms with Crippen LogP contribution in [0.25, 0.3) is 16.8 Å². The average Bonchev–Trinajstić information content (AvgIpc) is 2.91. The molecule has 1 heterocycles. The van der Waals surface area contributed by atoms with Crippen molar-refractivity contribution in [1.82, 2.24) is 10.5 Å². The average molecular weight is 469 g/mol. The quantitative estimate of drug-likeness (QED) is 0.200. The number of benzene rings is 3. The Morgan fingerprint density at radius 2 is 1.74 bits per heavy atom. The maximum Gasteiger partial charge on any atom is 0.274 e. The summed E-state index contributed by atoms with van der Waals surface area (Å²) >= 11 is 0. The van der Waals surface area contributed by atoms with Crippen molar-refractivity contribution >= 4 is 34.4 Å². The Labute approximate surface area is 201 Å². The van der Waals surface area contributed by atoms with Crippen LogP contribution in [0.5, 0.6) is 11.6 Å². The summed E-state index contributed by atoms with van der Waals surface area (Å²) in [5.74, 6) is 0.104. The predicted octanol–water partition coefficient (Wildman–Crippen LogP) is 4.46. The molecule has 0 aliphatic heterocycles. The Bertz CT molecular complexity index is 1360. The third-order valence-corrected chi connectivity index (χ3v) is 5.24. The summed E-state index contributed by atoms with van der Waals surface area (Å²) in [5.41, 5.74) is 3.42. The Balaban J connectivity index is 1.60. The number of methoxy groups -OCH3 is 1. The number of anilines is 1. The number of rotatable bonds is 8. The van der Waals surface area contributed by atoms with Gasteiger partial charge in [0.25, 0.3) is 11.8 Å². The highest BCUT2D eigenvalue weighted by atomic mass is 16.5. The molecule has 4 aromatic rings. The van der Waals surface area contributed by atoms with Crippen LogP contribution in [0, 0.1) is 0 Å². The van der Waals surface area contributed by atoms with E-state index in [1.165, 1.54) is 13.3 Å². The molecule has 0 saturated carbocycles. The van der Waals surface area contributed by atoms with Crippen molar-refractivity contribution in [2.75, 3.05) is 19.0 Å². The largest absolute Gasteiger partial charge is 0.488 e. The molecule has 2 amide bonds. The van der Waals surface area contributed by atoms with Crippen LogP contribution in [0.15, 0.2) is 90.6 Å². The standard InChI is InChI=1S/C27H23N3O5/c1-34-25-14-13-22(16-28-25)29-26(31)21(15-18-9-11-20(12-10-18)27(32)30-33)17-35-24-8-4-6-19-5-2-3-7-23(19)24/h2-16,33H,17H2,1H3,(H,29,31)(H,30,32)/b21-15+. The number of pyridine rings is 1. The van der Waals surface area contributed by atoms with E-state index in [0.717, 1.165) is 10.8 Å². The Morgan fingerprint density at radius 1 is 0.971 bits per heavy atom. The van der Waals surface area contributed by atoms with Crippen LogP contribution in [0.4, 0.5) is 5.69 Å². The minimum Gasteiger partial charge on any atom is -0.488 e. The number of nitrogens with one attached hydrogen (secondary N) is 2. The number of fused-ring (bicyclic) bond motifs is 1. The first-order chi connectivity index (χ1) is 17.1. The molecule has 35 heavy (non-hydrogen) atoms. The van der Waals surface area contributed by atoms with E-state index >= 15 is 0 Å². The zero-order chi connectivity index (χ0) is 24.6. The third kappa shape index (κ3) is 5.82. The molecule has 0 radical (unpaired) electrons. The van der Waals surface area contributed by atoms with E-state index in [9.17, 15) is 9.59 Å². The van der Waals surface area contributed by atoms with E-state index in [-0.39, 0.29) is 18.1 Å². The van der Waals surface area contributed by atoms with Crippen LogP contribution in [0.2, 0.25) is 0 Å². The van der Waals surface area contributed by atoms with Crippen LogP contribution >= 0.6 is 0 Å². The molecule has 0 spiro atoms. The van der Waals surface area contributed by atoms with Crippen LogP contribution in [0.1, 0.15) is 15.9 Å². The van der Waals surface area contributed by atoms with Crippen molar-refractivity contribution in [1.29, 1.82) is 0 Å². The number of nitrogens with zero attached hydrogens (tertiary/aromatic N) is 1. The van der Waals surface area contributed by atoms with Crippen LogP contribution in [0.3, 0.4) is 0 Å². The van der Waals surface area contributed by atoms with Crippen molar-refractivity contribution in [3.05, 3.63) is 102 Å². The van der Waals surface area contributed by atoms with Gasteiger partial charge in [0.05, 0.1) is 24.6 Å². The van der Waals surface area contributed by atoms with E-state index in [2.05, 4.69) is 10.3 Å². The van der Waals surface area contributed by atoms with Crippen LogP contribution in [-0.4, -0.2) is 35.7 Å². The van der Waals surface area contributed by atoms with Crippen molar-refractivity contribution in [2.24, 2.45) is 0 Å². The Morgan fingerprint density at radius 3 is 2.46 bits per heavy atom. The lowest BCUT2D eigenvalue weighted by molar-refractivity contribution is -0.113. The minimum atomic E-state index is -0.621. The maximum absolute atomic E-state index is 13.2. The Hall–Kier alpha value is -4.69. The molecule has 0 aliphatic carbocycles. The molecule has 0 fully saturated rings. The minimum absolute atomic E-state index is 0.00228. The topological polar surface area (TPSA) is 110 Å². The number of amides is 2. The van der Waals surface area contributed by atoms with Crippen molar-refractivity contribution in [3.63, 3.8) is 0 Å². The van der Waals surface area contributed by atoms with Gasteiger partial charge in [-0.25, -0.2) is 10.5 Å². The summed E-state index contributed by atoms with van der Waals surface area (Å²) in [5, 5.41) is 13.6. The third-order valence-electron chi connectivity index (χ3n) is 5.24. The van der Waals surface area contributed by atoms with Crippen molar-refractivity contribution < 1.29 is 24.3 Å². The number of carbonyl (C=O) groups excluding carboxylic acids is 2. The number of hydroxylamine groups is 1. The van der Waals surface area contributed by atoms with Crippen molar-refractivity contribution in [3.8, 4) is 11.6 Å². The first-order valence-corrected chi connectivity index (χ1v) is 10.7. The first kappa shape index (κ1) is 23.5. The zero-order valence-corrected chi connectivity index (χ0v) is 18.9. The van der Waals surface area contributed by atoms with Crippen molar-refractivity contribution in [2.45, 2.75) is 0 Å². The molecule has 3 N–H and O–H groups in total. The highest BCUT2D eigenvalue weighted by Crippen LogP contribution is 2.26. The lowest BCUT2D eigenvalue weighted by Gasteiger charge is -2.13. The lowest BCUT2D eigenvalue weighted by Crippen LogP contribution is -2.19. The molecular formula is C27H23N3O5. The summed E-state index contributed by atoms with van der Waals surface area (Å²) in [6.07, 6.45) is 3.18. The number of ether oxygens (including phenoxy) is 2. The summed E-state index contributed by atoms with van der Waals surface area (Å²) < 4.78 is 11.1. The predicted molar refractivity (Wildman–Crippen MR) is 133 cm³/mol. The zero-order valence-electron chi connectivity index (χ0n) is 18.9. The molecule has 4 rings (SSSR count). The molecule has 0 saturated heterocycles. The molecule has 8 heteroatoms. The second-order valence-corrected chi connectivity index (χ2v) is 7.54. The fraction of sp³-hybridized carbons (Fsp3) is 0.0741. The molecule has 8 nitrogen and oxygen atoms in total. The van der Waals surface area contributed by atoms with Gasteiger partial charge in [-0.15, -0.1) is 0 Å². The lowest BCUT2D eigenvalue weighted by atomic mass is 10.1. The first-order valence-electron chi connectivity index (χ1n) is 10.7. The summed E-state index contributed by atoms with van der Waals surface area (Å²) in [7, 11) is 1.52. The molecule has 3 aromatic carbocycles. The van der Waals surface area contributed by atoms with Crippen LogP contribution < -0.4 is 20.3 Å². The van der Waals surface area contributed by atoms with Gasteiger partial charge in [-0.05, 0) is 41.3 Å². The van der Waals surface area contributed by atoms with Crippen LogP contribution in [-0.2, 0) is 4.79 Å². The van der Waals surface area contributed by atoms with Gasteiger partial charge in [0.15, 0.2) is 0 Å². The van der Waals surface area contributed by atoms with Gasteiger partial charge in [0.1, 0.15) is 12.4 Å². The summed E-state index contributed by atoms with van der Waals surface area (Å²) in [6.45, 7) is 0.00228. The second kappa shape index (κ2) is 11.0. The van der Waals surface area contributed by atoms with Gasteiger partial charge in [-0.1, -0.05) is 48.5 Å². The molecule has 1 aromatic heterocycles. The summed E-state index contributed by atoms with van der Waals surface area (Å²) in [4.78, 5) is 28.9. The van der Waals surface area contributed by atoms with Gasteiger partial charge in [-0.3, -0.25) is 14.8 Å². The van der Waals surface area contributed by atoms with Gasteiger partial charge in [0, 0.05) is 17.0 Å². The highest BCUT2D eigenvalue weighted by Gasteiger charge is 2.13. The maximum atomic E-state index is 13.2. The number of hydrogen-bond donors (Lipinski definition) is 3. The van der Waals surface area contributed by atoms with E-state index in [4.69, 9.17) is 14.7 Å². The van der Waals surface area contributed by atoms with Gasteiger partial charge in [0.2, 0.25) is 5.88 Å².